The van der Waals surface area contributed by atoms with Crippen LogP contribution in [0.25, 0.3) is 0 Å². The van der Waals surface area contributed by atoms with Crippen molar-refractivity contribution in [3.8, 4) is 0 Å². The van der Waals surface area contributed by atoms with E-state index in [0.717, 1.165) is 9.37 Å². The van der Waals surface area contributed by atoms with Gasteiger partial charge in [0.05, 0.1) is 10.7 Å². The molecule has 4 nitrogen and oxygen atoms in total. The maximum atomic E-state index is 12.0. The average Bonchev–Trinajstić information content (AvgIpc) is 2.46. The minimum atomic E-state index is -0.481. The molecule has 0 atom stereocenters. The third-order valence-electron chi connectivity index (χ3n) is 2.58. The van der Waals surface area contributed by atoms with Gasteiger partial charge in [-0.25, -0.2) is 0 Å². The van der Waals surface area contributed by atoms with Crippen LogP contribution in [0.3, 0.4) is 0 Å². The predicted molar refractivity (Wildman–Crippen MR) is 82.3 cm³/mol. The fourth-order valence-corrected chi connectivity index (χ4v) is 2.59. The molecule has 2 aromatic carbocycles. The number of Topliss-reactive ketones (excluding diaryl/α,β-unsaturated/α-hetero) is 1. The lowest BCUT2D eigenvalue weighted by atomic mass is 10.1. The molecule has 0 bridgehead atoms. The zero-order valence-electron chi connectivity index (χ0n) is 10.3. The van der Waals surface area contributed by atoms with Gasteiger partial charge in [-0.2, -0.15) is 0 Å². The number of nitrogens with zero attached hydrogens (tertiary/aromatic N) is 1. The number of hydrogen-bond donors (Lipinski definition) is 0. The van der Waals surface area contributed by atoms with Crippen LogP contribution in [0.4, 0.5) is 5.69 Å². The van der Waals surface area contributed by atoms with Gasteiger partial charge in [-0.15, -0.1) is 11.8 Å². The van der Waals surface area contributed by atoms with Crippen LogP contribution in [0.5, 0.6) is 0 Å². The van der Waals surface area contributed by atoms with Crippen molar-refractivity contribution in [2.24, 2.45) is 0 Å². The number of benzene rings is 2. The highest BCUT2D eigenvalue weighted by atomic mass is 79.9. The first kappa shape index (κ1) is 14.7. The van der Waals surface area contributed by atoms with Crippen LogP contribution < -0.4 is 0 Å². The van der Waals surface area contributed by atoms with E-state index in [1.807, 2.05) is 24.3 Å². The smallest absolute Gasteiger partial charge is 0.269 e. The highest BCUT2D eigenvalue weighted by Crippen LogP contribution is 2.22. The number of carbonyl (C=O) groups is 1. The highest BCUT2D eigenvalue weighted by molar-refractivity contribution is 9.10. The molecule has 102 valence electrons. The lowest BCUT2D eigenvalue weighted by Gasteiger charge is -2.02. The molecule has 0 N–H and O–H groups in total. The Balaban J connectivity index is 1.97. The lowest BCUT2D eigenvalue weighted by Crippen LogP contribution is -2.02. The number of carbonyl (C=O) groups excluding carboxylic acids is 1. The quantitative estimate of drug-likeness (QED) is 0.348. The summed E-state index contributed by atoms with van der Waals surface area (Å²) in [5, 5.41) is 10.5. The molecule has 6 heteroatoms. The number of nitro benzene ring substituents is 1. The third kappa shape index (κ3) is 3.91. The van der Waals surface area contributed by atoms with E-state index < -0.39 is 4.92 Å². The Kier molecular flexibility index (Phi) is 4.92. The summed E-state index contributed by atoms with van der Waals surface area (Å²) in [5.74, 6) is 0.257. The van der Waals surface area contributed by atoms with Gasteiger partial charge in [0.15, 0.2) is 5.78 Å². The number of halogens is 1. The topological polar surface area (TPSA) is 60.2 Å². The van der Waals surface area contributed by atoms with Crippen LogP contribution in [0.2, 0.25) is 0 Å². The first-order chi connectivity index (χ1) is 9.56. The number of non-ortho nitro benzene ring substituents is 1. The molecule has 0 aliphatic rings. The Labute approximate surface area is 128 Å². The molecule has 2 rings (SSSR count). The predicted octanol–water partition coefficient (Wildman–Crippen LogP) is 4.33. The zero-order valence-corrected chi connectivity index (χ0v) is 12.7. The van der Waals surface area contributed by atoms with Gasteiger partial charge in [0.25, 0.3) is 5.69 Å². The van der Waals surface area contributed by atoms with Crippen molar-refractivity contribution in [2.45, 2.75) is 4.90 Å². The molecule has 0 fully saturated rings. The van der Waals surface area contributed by atoms with E-state index in [0.29, 0.717) is 11.3 Å². The van der Waals surface area contributed by atoms with Gasteiger partial charge in [-0.05, 0) is 36.4 Å². The Morgan fingerprint density at radius 1 is 1.10 bits per heavy atom. The summed E-state index contributed by atoms with van der Waals surface area (Å²) >= 11 is 4.79. The Hall–Kier alpha value is -1.66. The van der Waals surface area contributed by atoms with Gasteiger partial charge in [-0.1, -0.05) is 15.9 Å². The monoisotopic (exact) mass is 351 g/mol. The summed E-state index contributed by atoms with van der Waals surface area (Å²) in [4.78, 5) is 23.0. The van der Waals surface area contributed by atoms with Crippen molar-refractivity contribution in [3.63, 3.8) is 0 Å². The highest BCUT2D eigenvalue weighted by Gasteiger charge is 2.09. The lowest BCUT2D eigenvalue weighted by molar-refractivity contribution is -0.384. The minimum absolute atomic E-state index is 0.0119. The summed E-state index contributed by atoms with van der Waals surface area (Å²) in [7, 11) is 0. The van der Waals surface area contributed by atoms with Crippen molar-refractivity contribution in [3.05, 3.63) is 68.7 Å². The van der Waals surface area contributed by atoms with Gasteiger partial charge in [0.2, 0.25) is 0 Å². The molecule has 0 radical (unpaired) electrons. The van der Waals surface area contributed by atoms with E-state index in [2.05, 4.69) is 15.9 Å². The van der Waals surface area contributed by atoms with Gasteiger partial charge < -0.3 is 0 Å². The van der Waals surface area contributed by atoms with Crippen molar-refractivity contribution in [1.29, 1.82) is 0 Å². The standard InChI is InChI=1S/C14H10BrNO3S/c15-11-3-7-13(8-4-11)20-9-14(17)10-1-5-12(6-2-10)16(18)19/h1-8H,9H2. The van der Waals surface area contributed by atoms with Gasteiger partial charge in [-0.3, -0.25) is 14.9 Å². The Morgan fingerprint density at radius 2 is 1.70 bits per heavy atom. The number of hydrogen-bond acceptors (Lipinski definition) is 4. The molecule has 0 unspecified atom stereocenters. The van der Waals surface area contributed by atoms with Crippen LogP contribution in [0, 0.1) is 10.1 Å². The van der Waals surface area contributed by atoms with Crippen LogP contribution in [-0.4, -0.2) is 16.5 Å². The van der Waals surface area contributed by atoms with E-state index in [1.165, 1.54) is 36.0 Å². The molecule has 0 amide bonds. The summed E-state index contributed by atoms with van der Waals surface area (Å²) in [6, 6.07) is 13.4. The summed E-state index contributed by atoms with van der Waals surface area (Å²) in [6.07, 6.45) is 0. The number of rotatable bonds is 5. The molecule has 0 aromatic heterocycles. The third-order valence-corrected chi connectivity index (χ3v) is 4.12. The SMILES string of the molecule is O=C(CSc1ccc(Br)cc1)c1ccc([N+](=O)[O-])cc1. The van der Waals surface area contributed by atoms with E-state index in [1.54, 1.807) is 0 Å². The second-order valence-corrected chi connectivity index (χ2v) is 5.93. The van der Waals surface area contributed by atoms with Crippen LogP contribution in [0.1, 0.15) is 10.4 Å². The summed E-state index contributed by atoms with van der Waals surface area (Å²) < 4.78 is 0.989. The first-order valence-corrected chi connectivity index (χ1v) is 7.50. The van der Waals surface area contributed by atoms with E-state index >= 15 is 0 Å². The molecule has 0 saturated heterocycles. The fraction of sp³-hybridized carbons (Fsp3) is 0.0714. The average molecular weight is 352 g/mol. The Morgan fingerprint density at radius 3 is 2.25 bits per heavy atom. The van der Waals surface area contributed by atoms with Gasteiger partial charge in [0, 0.05) is 27.1 Å². The summed E-state index contributed by atoms with van der Waals surface area (Å²) in [5.41, 5.74) is 0.474. The molecule has 0 aliphatic heterocycles. The van der Waals surface area contributed by atoms with E-state index in [4.69, 9.17) is 0 Å². The van der Waals surface area contributed by atoms with Crippen LogP contribution >= 0.6 is 27.7 Å². The zero-order chi connectivity index (χ0) is 14.5. The molecule has 0 heterocycles. The van der Waals surface area contributed by atoms with E-state index in [9.17, 15) is 14.9 Å². The second-order valence-electron chi connectivity index (χ2n) is 3.97. The van der Waals surface area contributed by atoms with E-state index in [-0.39, 0.29) is 11.5 Å². The Bertz CT molecular complexity index is 626. The molecule has 20 heavy (non-hydrogen) atoms. The summed E-state index contributed by atoms with van der Waals surface area (Å²) in [6.45, 7) is 0. The number of nitro groups is 1. The number of thioether (sulfide) groups is 1. The van der Waals surface area contributed by atoms with Crippen molar-refractivity contribution in [1.82, 2.24) is 0 Å². The van der Waals surface area contributed by atoms with Gasteiger partial charge >= 0.3 is 0 Å². The van der Waals surface area contributed by atoms with Crippen molar-refractivity contribution in [2.75, 3.05) is 5.75 Å². The van der Waals surface area contributed by atoms with Crippen LogP contribution in [0.15, 0.2) is 57.9 Å². The largest absolute Gasteiger partial charge is 0.293 e. The first-order valence-electron chi connectivity index (χ1n) is 5.72. The minimum Gasteiger partial charge on any atom is -0.293 e. The molecular formula is C14H10BrNO3S. The van der Waals surface area contributed by atoms with Crippen LogP contribution in [-0.2, 0) is 0 Å². The fourth-order valence-electron chi connectivity index (χ4n) is 1.53. The maximum Gasteiger partial charge on any atom is 0.269 e. The van der Waals surface area contributed by atoms with Gasteiger partial charge in [0.1, 0.15) is 0 Å². The molecule has 2 aromatic rings. The second kappa shape index (κ2) is 6.67. The molecule has 0 saturated carbocycles. The molecule has 0 aliphatic carbocycles. The maximum absolute atomic E-state index is 12.0. The molecular weight excluding hydrogens is 342 g/mol. The normalized spacial score (nSPS) is 10.2. The van der Waals surface area contributed by atoms with Crippen molar-refractivity contribution < 1.29 is 9.72 Å². The number of ketones is 1. The van der Waals surface area contributed by atoms with Crippen molar-refractivity contribution >= 4 is 39.2 Å². The molecule has 0 spiro atoms.